The van der Waals surface area contributed by atoms with Gasteiger partial charge in [-0.1, -0.05) is 39.0 Å². The number of nitrogens with two attached hydrogens (primary N) is 1. The highest BCUT2D eigenvalue weighted by Crippen LogP contribution is 2.32. The van der Waals surface area contributed by atoms with Crippen LogP contribution in [-0.2, 0) is 16.0 Å². The van der Waals surface area contributed by atoms with Crippen molar-refractivity contribution in [2.75, 3.05) is 37.0 Å². The number of carbonyl (C=O) groups is 1. The summed E-state index contributed by atoms with van der Waals surface area (Å²) in [6, 6.07) is 0.279. The van der Waals surface area contributed by atoms with Crippen LogP contribution in [-0.4, -0.2) is 42.2 Å². The summed E-state index contributed by atoms with van der Waals surface area (Å²) < 4.78 is 11.0. The normalized spacial score (nSPS) is 17.2. The fourth-order valence-electron chi connectivity index (χ4n) is 3.92. The molecular weight excluding hydrogens is 356 g/mol. The van der Waals surface area contributed by atoms with Crippen molar-refractivity contribution in [3.8, 4) is 6.01 Å². The van der Waals surface area contributed by atoms with Gasteiger partial charge in [0.05, 0.1) is 13.0 Å². The zero-order valence-electron chi connectivity index (χ0n) is 17.1. The Morgan fingerprint density at radius 3 is 2.71 bits per heavy atom. The van der Waals surface area contributed by atoms with Crippen molar-refractivity contribution in [2.24, 2.45) is 5.92 Å². The molecule has 0 atom stereocenters. The van der Waals surface area contributed by atoms with E-state index in [2.05, 4.69) is 16.9 Å². The minimum Gasteiger partial charge on any atom is -0.463 e. The van der Waals surface area contributed by atoms with Crippen LogP contribution < -0.4 is 15.4 Å². The van der Waals surface area contributed by atoms with E-state index in [1.807, 2.05) is 0 Å². The predicted octanol–water partition coefficient (Wildman–Crippen LogP) is 3.50. The number of rotatable bonds is 11. The lowest BCUT2D eigenvalue weighted by Gasteiger charge is -2.21. The number of anilines is 2. The molecule has 1 aromatic heterocycles. The van der Waals surface area contributed by atoms with E-state index in [0.717, 1.165) is 50.4 Å². The molecule has 28 heavy (non-hydrogen) atoms. The Bertz CT molecular complexity index is 647. The van der Waals surface area contributed by atoms with E-state index in [4.69, 9.17) is 15.2 Å². The molecule has 0 unspecified atom stereocenters. The second-order valence-electron chi connectivity index (χ2n) is 7.88. The van der Waals surface area contributed by atoms with Crippen LogP contribution in [0.15, 0.2) is 0 Å². The Balaban J connectivity index is 1.45. The average molecular weight is 391 g/mol. The van der Waals surface area contributed by atoms with Crippen molar-refractivity contribution < 1.29 is 14.3 Å². The summed E-state index contributed by atoms with van der Waals surface area (Å²) in [5.74, 6) is 1.91. The van der Waals surface area contributed by atoms with Crippen molar-refractivity contribution in [1.29, 1.82) is 0 Å². The van der Waals surface area contributed by atoms with E-state index in [0.29, 0.717) is 31.2 Å². The standard InChI is InChI=1S/C21H34N4O3/c1-2-3-12-28-21-23-19(22)17-15-18(26)25(20(17)24-21)11-7-5-4-6-8-16-9-13-27-14-10-16/h16H,2-15H2,1H3,(H2,22,23,24). The van der Waals surface area contributed by atoms with Gasteiger partial charge >= 0.3 is 6.01 Å². The maximum absolute atomic E-state index is 12.4. The van der Waals surface area contributed by atoms with E-state index < -0.39 is 0 Å². The topological polar surface area (TPSA) is 90.6 Å². The maximum Gasteiger partial charge on any atom is 0.320 e. The van der Waals surface area contributed by atoms with Crippen molar-refractivity contribution in [3.63, 3.8) is 0 Å². The molecule has 3 rings (SSSR count). The molecule has 2 aliphatic heterocycles. The molecule has 0 bridgehead atoms. The van der Waals surface area contributed by atoms with Crippen molar-refractivity contribution in [3.05, 3.63) is 5.56 Å². The first-order chi connectivity index (χ1) is 13.7. The van der Waals surface area contributed by atoms with Crippen LogP contribution >= 0.6 is 0 Å². The molecule has 7 heteroatoms. The van der Waals surface area contributed by atoms with Gasteiger partial charge in [-0.15, -0.1) is 0 Å². The third-order valence-corrected chi connectivity index (χ3v) is 5.70. The summed E-state index contributed by atoms with van der Waals surface area (Å²) in [4.78, 5) is 22.9. The molecule has 7 nitrogen and oxygen atoms in total. The number of amides is 1. The lowest BCUT2D eigenvalue weighted by Crippen LogP contribution is -2.28. The quantitative estimate of drug-likeness (QED) is 0.582. The minimum atomic E-state index is 0.0592. The Morgan fingerprint density at radius 2 is 1.93 bits per heavy atom. The molecule has 1 fully saturated rings. The van der Waals surface area contributed by atoms with Gasteiger partial charge in [0.1, 0.15) is 11.6 Å². The van der Waals surface area contributed by atoms with Gasteiger partial charge in [0.2, 0.25) is 5.91 Å². The summed E-state index contributed by atoms with van der Waals surface area (Å²) in [6.07, 6.45) is 10.6. The highest BCUT2D eigenvalue weighted by atomic mass is 16.5. The third-order valence-electron chi connectivity index (χ3n) is 5.70. The number of hydrogen-bond acceptors (Lipinski definition) is 6. The van der Waals surface area contributed by atoms with Gasteiger partial charge in [-0.3, -0.25) is 9.69 Å². The number of nitrogens with zero attached hydrogens (tertiary/aromatic N) is 3. The van der Waals surface area contributed by atoms with E-state index in [-0.39, 0.29) is 11.9 Å². The first-order valence-corrected chi connectivity index (χ1v) is 10.9. The van der Waals surface area contributed by atoms with Gasteiger partial charge in [0.15, 0.2) is 0 Å². The smallest absolute Gasteiger partial charge is 0.320 e. The average Bonchev–Trinajstić information content (AvgIpc) is 3.02. The van der Waals surface area contributed by atoms with Crippen LogP contribution in [0.3, 0.4) is 0 Å². The SMILES string of the molecule is CCCCOc1nc(N)c2c(n1)N(CCCCCCC1CCOCC1)C(=O)C2. The molecule has 1 amide bonds. The summed E-state index contributed by atoms with van der Waals surface area (Å²) >= 11 is 0. The van der Waals surface area contributed by atoms with Crippen molar-refractivity contribution in [1.82, 2.24) is 9.97 Å². The fraction of sp³-hybridized carbons (Fsp3) is 0.762. The van der Waals surface area contributed by atoms with Crippen LogP contribution in [0.5, 0.6) is 6.01 Å². The highest BCUT2D eigenvalue weighted by Gasteiger charge is 2.31. The van der Waals surface area contributed by atoms with Crippen LogP contribution in [0.25, 0.3) is 0 Å². The van der Waals surface area contributed by atoms with Gasteiger partial charge in [-0.05, 0) is 31.6 Å². The molecule has 0 aromatic carbocycles. The lowest BCUT2D eigenvalue weighted by molar-refractivity contribution is -0.117. The van der Waals surface area contributed by atoms with Crippen LogP contribution in [0, 0.1) is 5.92 Å². The molecule has 2 N–H and O–H groups in total. The molecule has 2 aliphatic rings. The zero-order chi connectivity index (χ0) is 19.8. The largest absolute Gasteiger partial charge is 0.463 e. The Hall–Kier alpha value is -1.89. The van der Waals surface area contributed by atoms with E-state index in [1.165, 1.54) is 32.1 Å². The summed E-state index contributed by atoms with van der Waals surface area (Å²) in [5, 5.41) is 0. The fourth-order valence-corrected chi connectivity index (χ4v) is 3.92. The van der Waals surface area contributed by atoms with Gasteiger partial charge in [0, 0.05) is 25.3 Å². The highest BCUT2D eigenvalue weighted by molar-refractivity contribution is 6.01. The lowest BCUT2D eigenvalue weighted by atomic mass is 9.93. The van der Waals surface area contributed by atoms with Gasteiger partial charge < -0.3 is 15.2 Å². The van der Waals surface area contributed by atoms with Gasteiger partial charge in [-0.2, -0.15) is 9.97 Å². The molecule has 1 aromatic rings. The second kappa shape index (κ2) is 10.6. The first kappa shape index (κ1) is 20.8. The van der Waals surface area contributed by atoms with Crippen molar-refractivity contribution >= 4 is 17.5 Å². The number of hydrogen-bond donors (Lipinski definition) is 1. The maximum atomic E-state index is 12.4. The number of ether oxygens (including phenoxy) is 2. The Kier molecular flexibility index (Phi) is 7.89. The summed E-state index contributed by atoms with van der Waals surface area (Å²) in [5.41, 5.74) is 6.79. The zero-order valence-corrected chi connectivity index (χ0v) is 17.1. The van der Waals surface area contributed by atoms with Crippen LogP contribution in [0.4, 0.5) is 11.6 Å². The summed E-state index contributed by atoms with van der Waals surface area (Å²) in [6.45, 7) is 5.21. The van der Waals surface area contributed by atoms with Crippen LogP contribution in [0.2, 0.25) is 0 Å². The number of fused-ring (bicyclic) bond motifs is 1. The molecule has 3 heterocycles. The third kappa shape index (κ3) is 5.56. The van der Waals surface area contributed by atoms with E-state index in [9.17, 15) is 4.79 Å². The second-order valence-corrected chi connectivity index (χ2v) is 7.88. The van der Waals surface area contributed by atoms with Crippen molar-refractivity contribution in [2.45, 2.75) is 71.1 Å². The van der Waals surface area contributed by atoms with E-state index in [1.54, 1.807) is 4.90 Å². The number of carbonyl (C=O) groups excluding carboxylic acids is 1. The van der Waals surface area contributed by atoms with E-state index >= 15 is 0 Å². The van der Waals surface area contributed by atoms with Gasteiger partial charge in [-0.25, -0.2) is 0 Å². The monoisotopic (exact) mass is 390 g/mol. The molecular formula is C21H34N4O3. The first-order valence-electron chi connectivity index (χ1n) is 10.9. The minimum absolute atomic E-state index is 0.0592. The Labute approximate surface area is 168 Å². The summed E-state index contributed by atoms with van der Waals surface area (Å²) in [7, 11) is 0. The number of nitrogen functional groups attached to an aromatic ring is 1. The Morgan fingerprint density at radius 1 is 1.14 bits per heavy atom. The molecule has 0 saturated carbocycles. The number of unbranched alkanes of at least 4 members (excludes halogenated alkanes) is 4. The van der Waals surface area contributed by atoms with Crippen LogP contribution in [0.1, 0.15) is 70.3 Å². The molecule has 1 saturated heterocycles. The number of aromatic nitrogens is 2. The molecule has 0 radical (unpaired) electrons. The molecule has 156 valence electrons. The molecule has 0 aliphatic carbocycles. The molecule has 0 spiro atoms. The predicted molar refractivity (Wildman–Crippen MR) is 110 cm³/mol. The van der Waals surface area contributed by atoms with Gasteiger partial charge in [0.25, 0.3) is 0 Å².